The summed E-state index contributed by atoms with van der Waals surface area (Å²) in [4.78, 5) is 16.3. The van der Waals surface area contributed by atoms with Crippen molar-refractivity contribution in [2.75, 3.05) is 26.2 Å². The summed E-state index contributed by atoms with van der Waals surface area (Å²) >= 11 is 0. The van der Waals surface area contributed by atoms with Crippen LogP contribution in [0.1, 0.15) is 22.0 Å². The number of hydrogen-bond acceptors (Lipinski definition) is 5. The Hall–Kier alpha value is -2.08. The van der Waals surface area contributed by atoms with E-state index in [0.717, 1.165) is 31.1 Å². The largest absolute Gasteiger partial charge is 0.468 e. The van der Waals surface area contributed by atoms with Gasteiger partial charge in [0.25, 0.3) is 5.91 Å². The molecule has 1 saturated heterocycles. The molecule has 0 radical (unpaired) electrons. The number of piperazine rings is 1. The number of aryl methyl sites for hydroxylation is 1. The first-order valence-electron chi connectivity index (χ1n) is 6.70. The molecule has 20 heavy (non-hydrogen) atoms. The van der Waals surface area contributed by atoms with E-state index in [2.05, 4.69) is 10.1 Å². The van der Waals surface area contributed by atoms with Crippen molar-refractivity contribution < 1.29 is 13.7 Å². The number of furan rings is 1. The van der Waals surface area contributed by atoms with Gasteiger partial charge in [-0.3, -0.25) is 9.69 Å². The topological polar surface area (TPSA) is 62.7 Å². The smallest absolute Gasteiger partial charge is 0.292 e. The first-order valence-corrected chi connectivity index (χ1v) is 6.70. The highest BCUT2D eigenvalue weighted by atomic mass is 16.5. The molecule has 6 nitrogen and oxygen atoms in total. The van der Waals surface area contributed by atoms with E-state index in [-0.39, 0.29) is 5.91 Å². The minimum absolute atomic E-state index is 0.0803. The first-order chi connectivity index (χ1) is 9.72. The molecule has 0 spiro atoms. The van der Waals surface area contributed by atoms with Gasteiger partial charge in [0.15, 0.2) is 0 Å². The molecule has 0 atom stereocenters. The highest BCUT2D eigenvalue weighted by molar-refractivity contribution is 5.91. The van der Waals surface area contributed by atoms with Crippen molar-refractivity contribution in [1.82, 2.24) is 15.0 Å². The lowest BCUT2D eigenvalue weighted by molar-refractivity contribution is 0.0581. The van der Waals surface area contributed by atoms with Crippen LogP contribution in [0.25, 0.3) is 0 Å². The van der Waals surface area contributed by atoms with E-state index in [0.29, 0.717) is 18.8 Å². The van der Waals surface area contributed by atoms with Gasteiger partial charge in [0, 0.05) is 32.2 Å². The van der Waals surface area contributed by atoms with Gasteiger partial charge in [0.2, 0.25) is 5.76 Å². The number of rotatable bonds is 3. The molecule has 0 bridgehead atoms. The Balaban J connectivity index is 1.54. The molecule has 0 aliphatic carbocycles. The van der Waals surface area contributed by atoms with Gasteiger partial charge in [0.05, 0.1) is 18.5 Å². The fourth-order valence-electron chi connectivity index (χ4n) is 2.35. The third-order valence-electron chi connectivity index (χ3n) is 3.46. The lowest BCUT2D eigenvalue weighted by Gasteiger charge is -2.33. The molecule has 0 saturated carbocycles. The van der Waals surface area contributed by atoms with Gasteiger partial charge in [-0.25, -0.2) is 0 Å². The molecule has 2 aromatic heterocycles. The third kappa shape index (κ3) is 2.75. The SMILES string of the molecule is Cc1cc(C(=O)N2CCN(Cc3ccco3)CC2)on1. The third-order valence-corrected chi connectivity index (χ3v) is 3.46. The van der Waals surface area contributed by atoms with Crippen LogP contribution >= 0.6 is 0 Å². The second kappa shape index (κ2) is 5.50. The first kappa shape index (κ1) is 12.9. The summed E-state index contributed by atoms with van der Waals surface area (Å²) in [5, 5.41) is 3.75. The summed E-state index contributed by atoms with van der Waals surface area (Å²) in [6.07, 6.45) is 1.68. The molecule has 1 fully saturated rings. The fourth-order valence-corrected chi connectivity index (χ4v) is 2.35. The maximum atomic E-state index is 12.2. The van der Waals surface area contributed by atoms with Crippen LogP contribution in [0.2, 0.25) is 0 Å². The van der Waals surface area contributed by atoms with Crippen LogP contribution in [0.5, 0.6) is 0 Å². The van der Waals surface area contributed by atoms with Gasteiger partial charge in [0.1, 0.15) is 5.76 Å². The Bertz CT molecular complexity index is 568. The number of carbonyl (C=O) groups excluding carboxylic acids is 1. The summed E-state index contributed by atoms with van der Waals surface area (Å²) in [5.74, 6) is 1.20. The summed E-state index contributed by atoms with van der Waals surface area (Å²) < 4.78 is 10.4. The second-order valence-electron chi connectivity index (χ2n) is 4.98. The minimum atomic E-state index is -0.0803. The average molecular weight is 275 g/mol. The van der Waals surface area contributed by atoms with Crippen LogP contribution in [0.15, 0.2) is 33.4 Å². The molecule has 1 amide bonds. The van der Waals surface area contributed by atoms with E-state index < -0.39 is 0 Å². The molecule has 3 rings (SSSR count). The number of amides is 1. The van der Waals surface area contributed by atoms with Crippen LogP contribution in [-0.4, -0.2) is 47.0 Å². The number of hydrogen-bond donors (Lipinski definition) is 0. The normalized spacial score (nSPS) is 16.6. The second-order valence-corrected chi connectivity index (χ2v) is 4.98. The zero-order valence-corrected chi connectivity index (χ0v) is 11.4. The quantitative estimate of drug-likeness (QED) is 0.850. The van der Waals surface area contributed by atoms with Gasteiger partial charge < -0.3 is 13.8 Å². The molecule has 3 heterocycles. The zero-order valence-electron chi connectivity index (χ0n) is 11.4. The standard InChI is InChI=1S/C14H17N3O3/c1-11-9-13(20-15-11)14(18)17-6-4-16(5-7-17)10-12-3-2-8-19-12/h2-3,8-9H,4-7,10H2,1H3. The van der Waals surface area contributed by atoms with E-state index in [1.54, 1.807) is 17.2 Å². The van der Waals surface area contributed by atoms with Crippen LogP contribution in [0.3, 0.4) is 0 Å². The van der Waals surface area contributed by atoms with E-state index in [1.165, 1.54) is 0 Å². The van der Waals surface area contributed by atoms with Crippen molar-refractivity contribution in [3.63, 3.8) is 0 Å². The highest BCUT2D eigenvalue weighted by Gasteiger charge is 2.24. The van der Waals surface area contributed by atoms with Crippen molar-refractivity contribution in [3.8, 4) is 0 Å². The number of carbonyl (C=O) groups is 1. The molecule has 6 heteroatoms. The summed E-state index contributed by atoms with van der Waals surface area (Å²) in [6.45, 7) is 5.65. The van der Waals surface area contributed by atoms with Crippen LogP contribution in [0, 0.1) is 6.92 Å². The van der Waals surface area contributed by atoms with E-state index in [4.69, 9.17) is 8.94 Å². The van der Waals surface area contributed by atoms with Gasteiger partial charge in [-0.2, -0.15) is 0 Å². The molecule has 0 N–H and O–H groups in total. The maximum Gasteiger partial charge on any atom is 0.292 e. The number of nitrogens with zero attached hydrogens (tertiary/aromatic N) is 3. The Morgan fingerprint density at radius 1 is 1.35 bits per heavy atom. The molecule has 2 aromatic rings. The van der Waals surface area contributed by atoms with Gasteiger partial charge >= 0.3 is 0 Å². The van der Waals surface area contributed by atoms with Crippen LogP contribution in [-0.2, 0) is 6.54 Å². The zero-order chi connectivity index (χ0) is 13.9. The van der Waals surface area contributed by atoms with Gasteiger partial charge in [-0.15, -0.1) is 0 Å². The molecular weight excluding hydrogens is 258 g/mol. The monoisotopic (exact) mass is 275 g/mol. The molecule has 106 valence electrons. The van der Waals surface area contributed by atoms with Crippen molar-refractivity contribution in [1.29, 1.82) is 0 Å². The summed E-state index contributed by atoms with van der Waals surface area (Å²) in [5.41, 5.74) is 0.727. The van der Waals surface area contributed by atoms with Gasteiger partial charge in [-0.1, -0.05) is 5.16 Å². The van der Waals surface area contributed by atoms with Crippen molar-refractivity contribution in [3.05, 3.63) is 41.7 Å². The molecule has 1 aliphatic heterocycles. The molecular formula is C14H17N3O3. The predicted octanol–water partition coefficient (Wildman–Crippen LogP) is 1.53. The highest BCUT2D eigenvalue weighted by Crippen LogP contribution is 2.12. The minimum Gasteiger partial charge on any atom is -0.468 e. The Kier molecular flexibility index (Phi) is 3.56. The molecule has 0 unspecified atom stereocenters. The van der Waals surface area contributed by atoms with Crippen molar-refractivity contribution >= 4 is 5.91 Å². The Morgan fingerprint density at radius 3 is 2.75 bits per heavy atom. The van der Waals surface area contributed by atoms with Crippen molar-refractivity contribution in [2.45, 2.75) is 13.5 Å². The average Bonchev–Trinajstić information content (AvgIpc) is 3.10. The van der Waals surface area contributed by atoms with E-state index in [9.17, 15) is 4.79 Å². The molecule has 1 aliphatic rings. The van der Waals surface area contributed by atoms with Crippen molar-refractivity contribution in [2.24, 2.45) is 0 Å². The predicted molar refractivity (Wildman–Crippen MR) is 71.1 cm³/mol. The van der Waals surface area contributed by atoms with Gasteiger partial charge in [-0.05, 0) is 19.1 Å². The van der Waals surface area contributed by atoms with E-state index in [1.807, 2.05) is 19.1 Å². The van der Waals surface area contributed by atoms with E-state index >= 15 is 0 Å². The van der Waals surface area contributed by atoms with Crippen LogP contribution in [0.4, 0.5) is 0 Å². The fraction of sp³-hybridized carbons (Fsp3) is 0.429. The summed E-state index contributed by atoms with van der Waals surface area (Å²) in [7, 11) is 0. The number of aromatic nitrogens is 1. The molecule has 0 aromatic carbocycles. The van der Waals surface area contributed by atoms with Crippen LogP contribution < -0.4 is 0 Å². The maximum absolute atomic E-state index is 12.2. The lowest BCUT2D eigenvalue weighted by Crippen LogP contribution is -2.48. The lowest BCUT2D eigenvalue weighted by atomic mass is 10.2. The summed E-state index contributed by atoms with van der Waals surface area (Å²) in [6, 6.07) is 5.54. The Labute approximate surface area is 116 Å². The Morgan fingerprint density at radius 2 is 2.15 bits per heavy atom.